The molecule has 7 nitrogen and oxygen atoms in total. The number of nitrogens with zero attached hydrogens (tertiary/aromatic N) is 5. The van der Waals surface area contributed by atoms with Gasteiger partial charge in [0.05, 0.1) is 23.2 Å². The van der Waals surface area contributed by atoms with Crippen LogP contribution in [0.3, 0.4) is 0 Å². The molecule has 33 heavy (non-hydrogen) atoms. The Kier molecular flexibility index (Phi) is 7.08. The molecule has 174 valence electrons. The minimum Gasteiger partial charge on any atom is -0.403 e. The second kappa shape index (κ2) is 10.2. The van der Waals surface area contributed by atoms with Gasteiger partial charge in [0.2, 0.25) is 5.71 Å². The molecule has 0 aromatic carbocycles. The molecule has 7 heteroatoms. The van der Waals surface area contributed by atoms with Gasteiger partial charge in [0.15, 0.2) is 0 Å². The maximum absolute atomic E-state index is 12.9. The summed E-state index contributed by atoms with van der Waals surface area (Å²) in [7, 11) is 2.14. The zero-order chi connectivity index (χ0) is 23.4. The Morgan fingerprint density at radius 3 is 2.88 bits per heavy atom. The Labute approximate surface area is 195 Å². The molecular formula is C26H33N5O2. The molecular weight excluding hydrogens is 414 g/mol. The molecule has 1 saturated heterocycles. The largest absolute Gasteiger partial charge is 0.403 e. The Morgan fingerprint density at radius 2 is 2.06 bits per heavy atom. The molecule has 2 aliphatic rings. The second-order valence-electron chi connectivity index (χ2n) is 8.82. The molecule has 0 unspecified atom stereocenters. The van der Waals surface area contributed by atoms with Crippen LogP contribution in [0.2, 0.25) is 0 Å². The first kappa shape index (κ1) is 23.0. The molecule has 4 heterocycles. The number of allylic oxidation sites excluding steroid dienone is 4. The smallest absolute Gasteiger partial charge is 0.345 e. The molecule has 0 bridgehead atoms. The van der Waals surface area contributed by atoms with Crippen molar-refractivity contribution in [2.75, 3.05) is 38.1 Å². The van der Waals surface area contributed by atoms with Gasteiger partial charge in [-0.2, -0.15) is 4.98 Å². The van der Waals surface area contributed by atoms with E-state index in [2.05, 4.69) is 39.8 Å². The summed E-state index contributed by atoms with van der Waals surface area (Å²) in [6.45, 7) is 9.98. The van der Waals surface area contributed by atoms with Gasteiger partial charge in [0.1, 0.15) is 5.82 Å². The van der Waals surface area contributed by atoms with Crippen molar-refractivity contribution in [1.29, 1.82) is 0 Å². The molecule has 0 amide bonds. The van der Waals surface area contributed by atoms with E-state index in [1.54, 1.807) is 0 Å². The van der Waals surface area contributed by atoms with Crippen molar-refractivity contribution in [2.45, 2.75) is 40.0 Å². The zero-order valence-corrected chi connectivity index (χ0v) is 20.0. The first-order valence-corrected chi connectivity index (χ1v) is 11.7. The summed E-state index contributed by atoms with van der Waals surface area (Å²) in [5.41, 5.74) is 3.29. The minimum atomic E-state index is -0.373. The average Bonchev–Trinajstić information content (AvgIpc) is 3.02. The van der Waals surface area contributed by atoms with Crippen molar-refractivity contribution in [3.8, 4) is 0 Å². The van der Waals surface area contributed by atoms with Gasteiger partial charge in [-0.3, -0.25) is 4.99 Å². The van der Waals surface area contributed by atoms with Gasteiger partial charge in [-0.15, -0.1) is 0 Å². The van der Waals surface area contributed by atoms with Gasteiger partial charge < -0.3 is 19.1 Å². The summed E-state index contributed by atoms with van der Waals surface area (Å²) >= 11 is 0. The lowest BCUT2D eigenvalue weighted by molar-refractivity contribution is 0.360. The van der Waals surface area contributed by atoms with E-state index in [1.165, 1.54) is 0 Å². The normalized spacial score (nSPS) is 19.3. The van der Waals surface area contributed by atoms with Crippen LogP contribution in [0.1, 0.15) is 45.6 Å². The first-order valence-electron chi connectivity index (χ1n) is 11.7. The van der Waals surface area contributed by atoms with Gasteiger partial charge >= 0.3 is 5.63 Å². The van der Waals surface area contributed by atoms with E-state index in [1.807, 2.05) is 55.6 Å². The highest BCUT2D eigenvalue weighted by Gasteiger charge is 2.16. The fourth-order valence-corrected chi connectivity index (χ4v) is 4.10. The average molecular weight is 448 g/mol. The Balaban J connectivity index is 1.63. The molecule has 1 fully saturated rings. The molecule has 4 rings (SSSR count). The number of anilines is 1. The monoisotopic (exact) mass is 447 g/mol. The molecule has 0 aliphatic carbocycles. The van der Waals surface area contributed by atoms with Crippen LogP contribution in [0, 0.1) is 0 Å². The van der Waals surface area contributed by atoms with Crippen LogP contribution < -0.4 is 10.5 Å². The molecule has 2 aromatic rings. The number of aromatic nitrogens is 1. The van der Waals surface area contributed by atoms with Gasteiger partial charge in [-0.25, -0.2) is 4.79 Å². The van der Waals surface area contributed by atoms with E-state index < -0.39 is 0 Å². The summed E-state index contributed by atoms with van der Waals surface area (Å²) in [6.07, 6.45) is 11.1. The number of pyridine rings is 1. The topological polar surface area (TPSA) is 65.2 Å². The maximum Gasteiger partial charge on any atom is 0.345 e. The fraction of sp³-hybridized carbons (Fsp3) is 0.423. The predicted octanol–water partition coefficient (Wildman–Crippen LogP) is 4.62. The highest BCUT2D eigenvalue weighted by molar-refractivity contribution is 5.82. The number of aliphatic imine (C=N–C) groups is 1. The third kappa shape index (κ3) is 5.42. The van der Waals surface area contributed by atoms with Crippen molar-refractivity contribution >= 4 is 28.7 Å². The van der Waals surface area contributed by atoms with E-state index in [0.717, 1.165) is 73.6 Å². The van der Waals surface area contributed by atoms with Crippen LogP contribution in [-0.4, -0.2) is 54.2 Å². The summed E-state index contributed by atoms with van der Waals surface area (Å²) in [4.78, 5) is 28.6. The molecule has 0 N–H and O–H groups in total. The van der Waals surface area contributed by atoms with Crippen LogP contribution >= 0.6 is 0 Å². The molecule has 0 radical (unpaired) electrons. The lowest BCUT2D eigenvalue weighted by Gasteiger charge is -2.22. The quantitative estimate of drug-likeness (QED) is 0.666. The number of unbranched alkanes of at least 4 members (excludes halogenated alkanes) is 1. The van der Waals surface area contributed by atoms with Crippen molar-refractivity contribution in [2.24, 2.45) is 4.99 Å². The van der Waals surface area contributed by atoms with Gasteiger partial charge in [-0.1, -0.05) is 19.4 Å². The number of hydrogen-bond donors (Lipinski definition) is 0. The molecule has 0 spiro atoms. The Hall–Kier alpha value is -3.19. The van der Waals surface area contributed by atoms with Crippen LogP contribution in [0.25, 0.3) is 16.7 Å². The van der Waals surface area contributed by atoms with Gasteiger partial charge in [0, 0.05) is 37.4 Å². The van der Waals surface area contributed by atoms with Crippen molar-refractivity contribution < 1.29 is 4.42 Å². The SMILES string of the molecule is CCC/C=C1\C=NC(C)=CN1/C=C(\C)c1cc2ccc(N3CCCN(C)CC3)nc2oc1=O. The van der Waals surface area contributed by atoms with Crippen molar-refractivity contribution in [1.82, 2.24) is 14.8 Å². The van der Waals surface area contributed by atoms with Crippen LogP contribution in [-0.2, 0) is 0 Å². The summed E-state index contributed by atoms with van der Waals surface area (Å²) in [5, 5.41) is 0.821. The lowest BCUT2D eigenvalue weighted by Crippen LogP contribution is -2.29. The van der Waals surface area contributed by atoms with E-state index in [4.69, 9.17) is 4.42 Å². The predicted molar refractivity (Wildman–Crippen MR) is 135 cm³/mol. The highest BCUT2D eigenvalue weighted by Crippen LogP contribution is 2.23. The third-order valence-electron chi connectivity index (χ3n) is 6.05. The summed E-state index contributed by atoms with van der Waals surface area (Å²) in [6, 6.07) is 5.90. The van der Waals surface area contributed by atoms with Crippen LogP contribution in [0.4, 0.5) is 5.82 Å². The van der Waals surface area contributed by atoms with Crippen LogP contribution in [0.5, 0.6) is 0 Å². The van der Waals surface area contributed by atoms with E-state index in [-0.39, 0.29) is 5.63 Å². The maximum atomic E-state index is 12.9. The molecule has 0 atom stereocenters. The number of likely N-dealkylation sites (N-methyl/N-ethyl adjacent to an activating group) is 1. The van der Waals surface area contributed by atoms with E-state index in [9.17, 15) is 4.79 Å². The molecule has 0 saturated carbocycles. The van der Waals surface area contributed by atoms with Crippen molar-refractivity contribution in [3.05, 3.63) is 64.1 Å². The third-order valence-corrected chi connectivity index (χ3v) is 6.05. The molecule has 2 aromatic heterocycles. The first-order chi connectivity index (χ1) is 15.9. The summed E-state index contributed by atoms with van der Waals surface area (Å²) < 4.78 is 5.68. The number of fused-ring (bicyclic) bond motifs is 1. The van der Waals surface area contributed by atoms with Gasteiger partial charge in [0.25, 0.3) is 0 Å². The second-order valence-corrected chi connectivity index (χ2v) is 8.82. The van der Waals surface area contributed by atoms with Crippen molar-refractivity contribution in [3.63, 3.8) is 0 Å². The lowest BCUT2D eigenvalue weighted by atomic mass is 10.1. The van der Waals surface area contributed by atoms with E-state index in [0.29, 0.717) is 11.3 Å². The number of rotatable bonds is 5. The van der Waals surface area contributed by atoms with Gasteiger partial charge in [-0.05, 0) is 64.1 Å². The zero-order valence-electron chi connectivity index (χ0n) is 20.0. The highest BCUT2D eigenvalue weighted by atomic mass is 16.4. The Bertz CT molecular complexity index is 1190. The Morgan fingerprint density at radius 1 is 1.21 bits per heavy atom. The summed E-state index contributed by atoms with van der Waals surface area (Å²) in [5.74, 6) is 0.861. The minimum absolute atomic E-state index is 0.373. The fourth-order valence-electron chi connectivity index (χ4n) is 4.10. The standard InChI is InChI=1S/C26H33N5O2/c1-5-6-8-22-16-27-20(3)18-31(22)17-19(2)23-15-21-9-10-24(28-25(21)33-26(23)32)30-12-7-11-29(4)13-14-30/h8-10,15-18H,5-7,11-14H2,1-4H3/b19-17+,22-8+. The van der Waals surface area contributed by atoms with E-state index >= 15 is 0 Å². The molecule has 2 aliphatic heterocycles. The van der Waals surface area contributed by atoms with Crippen LogP contribution in [0.15, 0.2) is 62.3 Å². The number of hydrogen-bond acceptors (Lipinski definition) is 7.